The lowest BCUT2D eigenvalue weighted by atomic mass is 10.3. The topological polar surface area (TPSA) is 90.0 Å². The number of nitrogen functional groups attached to an aromatic ring is 1. The van der Waals surface area contributed by atoms with Gasteiger partial charge in [-0.15, -0.1) is 0 Å². The second-order valence-corrected chi connectivity index (χ2v) is 6.05. The zero-order valence-corrected chi connectivity index (χ0v) is 11.5. The maximum absolute atomic E-state index is 12.0. The van der Waals surface area contributed by atoms with Crippen molar-refractivity contribution >= 4 is 27.3 Å². The van der Waals surface area contributed by atoms with Crippen molar-refractivity contribution in [2.24, 2.45) is 0 Å². The van der Waals surface area contributed by atoms with Crippen molar-refractivity contribution < 1.29 is 8.42 Å². The Hall–Kier alpha value is -1.57. The van der Waals surface area contributed by atoms with Gasteiger partial charge in [-0.2, -0.15) is 0 Å². The number of hydrogen-bond acceptors (Lipinski definition) is 4. The zero-order chi connectivity index (χ0) is 13.9. The van der Waals surface area contributed by atoms with Crippen LogP contribution in [0.25, 0.3) is 0 Å². The maximum Gasteiger partial charge on any atom is 0.242 e. The minimum atomic E-state index is -3.63. The highest BCUT2D eigenvalue weighted by Crippen LogP contribution is 2.21. The summed E-state index contributed by atoms with van der Waals surface area (Å²) in [5.41, 5.74) is 5.78. The van der Waals surface area contributed by atoms with Gasteiger partial charge in [-0.05, 0) is 18.2 Å². The van der Waals surface area contributed by atoms with Crippen LogP contribution in [-0.4, -0.2) is 24.5 Å². The Labute approximate surface area is 116 Å². The lowest BCUT2D eigenvalue weighted by Gasteiger charge is -2.09. The third kappa shape index (κ3) is 3.46. The molecule has 3 N–H and O–H groups in total. The Bertz CT molecular complexity index is 655. The largest absolute Gasteiger partial charge is 0.398 e. The number of anilines is 1. The van der Waals surface area contributed by atoms with Gasteiger partial charge < -0.3 is 10.3 Å². The Morgan fingerprint density at radius 1 is 1.42 bits per heavy atom. The Morgan fingerprint density at radius 3 is 2.84 bits per heavy atom. The molecule has 0 aliphatic rings. The van der Waals surface area contributed by atoms with Crippen LogP contribution in [0.5, 0.6) is 0 Å². The number of nitrogens with two attached hydrogens (primary N) is 1. The first-order chi connectivity index (χ1) is 8.99. The van der Waals surface area contributed by atoms with Gasteiger partial charge in [0.1, 0.15) is 4.90 Å². The van der Waals surface area contributed by atoms with Gasteiger partial charge in [0.25, 0.3) is 0 Å². The van der Waals surface area contributed by atoms with Crippen LogP contribution in [0.3, 0.4) is 0 Å². The van der Waals surface area contributed by atoms with Gasteiger partial charge in [-0.1, -0.05) is 11.6 Å². The average Bonchev–Trinajstić information content (AvgIpc) is 2.81. The highest BCUT2D eigenvalue weighted by Gasteiger charge is 2.16. The van der Waals surface area contributed by atoms with E-state index in [1.807, 2.05) is 0 Å². The van der Waals surface area contributed by atoms with Crippen molar-refractivity contribution in [3.8, 4) is 0 Å². The van der Waals surface area contributed by atoms with Crippen molar-refractivity contribution in [2.45, 2.75) is 11.4 Å². The van der Waals surface area contributed by atoms with Gasteiger partial charge in [-0.3, -0.25) is 0 Å². The van der Waals surface area contributed by atoms with Gasteiger partial charge in [0.15, 0.2) is 0 Å². The Balaban J connectivity index is 2.05. The lowest BCUT2D eigenvalue weighted by molar-refractivity contribution is 0.573. The first-order valence-corrected chi connectivity index (χ1v) is 7.35. The number of aromatic nitrogens is 2. The third-order valence-corrected chi connectivity index (χ3v) is 4.25. The number of hydrogen-bond donors (Lipinski definition) is 2. The van der Waals surface area contributed by atoms with E-state index >= 15 is 0 Å². The van der Waals surface area contributed by atoms with E-state index in [1.54, 1.807) is 23.3 Å². The summed E-state index contributed by atoms with van der Waals surface area (Å²) in [7, 11) is -3.63. The number of benzene rings is 1. The van der Waals surface area contributed by atoms with Crippen LogP contribution in [0.1, 0.15) is 0 Å². The Morgan fingerprint density at radius 2 is 2.21 bits per heavy atom. The van der Waals surface area contributed by atoms with Crippen molar-refractivity contribution in [1.82, 2.24) is 14.3 Å². The van der Waals surface area contributed by atoms with Crippen LogP contribution in [0.4, 0.5) is 5.69 Å². The monoisotopic (exact) mass is 300 g/mol. The van der Waals surface area contributed by atoms with Crippen LogP contribution in [0, 0.1) is 0 Å². The van der Waals surface area contributed by atoms with Gasteiger partial charge in [-0.25, -0.2) is 18.1 Å². The summed E-state index contributed by atoms with van der Waals surface area (Å²) < 4.78 is 28.3. The Kier molecular flexibility index (Phi) is 4.08. The molecule has 19 heavy (non-hydrogen) atoms. The average molecular weight is 301 g/mol. The molecule has 2 aromatic rings. The molecule has 0 atom stereocenters. The van der Waals surface area contributed by atoms with Crippen molar-refractivity contribution in [3.05, 3.63) is 41.9 Å². The first kappa shape index (κ1) is 13.9. The molecule has 1 aromatic carbocycles. The fourth-order valence-electron chi connectivity index (χ4n) is 1.57. The second kappa shape index (κ2) is 5.60. The predicted octanol–water partition coefficient (Wildman–Crippen LogP) is 1.10. The lowest BCUT2D eigenvalue weighted by Crippen LogP contribution is -2.27. The first-order valence-electron chi connectivity index (χ1n) is 5.49. The molecule has 0 saturated carbocycles. The van der Waals surface area contributed by atoms with Crippen LogP contribution >= 0.6 is 11.6 Å². The highest BCUT2D eigenvalue weighted by atomic mass is 35.5. The molecule has 0 aliphatic heterocycles. The molecule has 1 aromatic heterocycles. The molecular formula is C11H13ClN4O2S. The van der Waals surface area contributed by atoms with Gasteiger partial charge >= 0.3 is 0 Å². The summed E-state index contributed by atoms with van der Waals surface area (Å²) in [6.07, 6.45) is 5.00. The van der Waals surface area contributed by atoms with E-state index in [9.17, 15) is 8.42 Å². The molecule has 1 heterocycles. The molecule has 0 saturated heterocycles. The molecule has 2 rings (SSSR count). The van der Waals surface area contributed by atoms with E-state index in [0.717, 1.165) is 0 Å². The quantitative estimate of drug-likeness (QED) is 0.809. The van der Waals surface area contributed by atoms with E-state index in [4.69, 9.17) is 17.3 Å². The summed E-state index contributed by atoms with van der Waals surface area (Å²) >= 11 is 5.73. The fourth-order valence-corrected chi connectivity index (χ4v) is 2.88. The fraction of sp³-hybridized carbons (Fsp3) is 0.182. The SMILES string of the molecule is Nc1cc(Cl)ccc1S(=O)(=O)NCCn1ccnc1. The molecule has 0 bridgehead atoms. The summed E-state index contributed by atoms with van der Waals surface area (Å²) in [5, 5.41) is 0.398. The van der Waals surface area contributed by atoms with E-state index in [0.29, 0.717) is 11.6 Å². The molecule has 0 spiro atoms. The van der Waals surface area contributed by atoms with E-state index in [1.165, 1.54) is 18.2 Å². The van der Waals surface area contributed by atoms with Crippen molar-refractivity contribution in [2.75, 3.05) is 12.3 Å². The number of nitrogens with one attached hydrogen (secondary N) is 1. The summed E-state index contributed by atoms with van der Waals surface area (Å²) in [6.45, 7) is 0.744. The zero-order valence-electron chi connectivity index (χ0n) is 9.95. The molecule has 0 fully saturated rings. The maximum atomic E-state index is 12.0. The number of nitrogens with zero attached hydrogens (tertiary/aromatic N) is 2. The normalized spacial score (nSPS) is 11.6. The molecule has 6 nitrogen and oxygen atoms in total. The molecule has 0 radical (unpaired) electrons. The number of rotatable bonds is 5. The minimum Gasteiger partial charge on any atom is -0.398 e. The van der Waals surface area contributed by atoms with E-state index < -0.39 is 10.0 Å². The minimum absolute atomic E-state index is 0.0301. The molecule has 0 amide bonds. The summed E-state index contributed by atoms with van der Waals surface area (Å²) in [6, 6.07) is 4.28. The van der Waals surface area contributed by atoms with Crippen LogP contribution in [0.15, 0.2) is 41.8 Å². The van der Waals surface area contributed by atoms with Crippen LogP contribution < -0.4 is 10.5 Å². The van der Waals surface area contributed by atoms with Crippen LogP contribution in [0.2, 0.25) is 5.02 Å². The summed E-state index contributed by atoms with van der Waals surface area (Å²) in [5.74, 6) is 0. The van der Waals surface area contributed by atoms with Gasteiger partial charge in [0, 0.05) is 30.5 Å². The molecule has 0 unspecified atom stereocenters. The molecular weight excluding hydrogens is 288 g/mol. The predicted molar refractivity (Wildman–Crippen MR) is 73.3 cm³/mol. The van der Waals surface area contributed by atoms with E-state index in [-0.39, 0.29) is 17.1 Å². The third-order valence-electron chi connectivity index (χ3n) is 2.48. The summed E-state index contributed by atoms with van der Waals surface area (Å²) in [4.78, 5) is 3.90. The van der Waals surface area contributed by atoms with Crippen molar-refractivity contribution in [3.63, 3.8) is 0 Å². The van der Waals surface area contributed by atoms with Crippen molar-refractivity contribution in [1.29, 1.82) is 0 Å². The second-order valence-electron chi connectivity index (χ2n) is 3.88. The number of sulfonamides is 1. The molecule has 0 aliphatic carbocycles. The van der Waals surface area contributed by atoms with Crippen LogP contribution in [-0.2, 0) is 16.6 Å². The van der Waals surface area contributed by atoms with E-state index in [2.05, 4.69) is 9.71 Å². The standard InChI is InChI=1S/C11H13ClN4O2S/c12-9-1-2-11(10(13)7-9)19(17,18)15-4-6-16-5-3-14-8-16/h1-3,5,7-8,15H,4,6,13H2. The van der Waals surface area contributed by atoms with Gasteiger partial charge in [0.05, 0.1) is 12.0 Å². The highest BCUT2D eigenvalue weighted by molar-refractivity contribution is 7.89. The molecule has 8 heteroatoms. The number of imidazole rings is 1. The number of halogens is 1. The smallest absolute Gasteiger partial charge is 0.242 e. The molecule has 102 valence electrons. The van der Waals surface area contributed by atoms with Gasteiger partial charge in [0.2, 0.25) is 10.0 Å².